The third kappa shape index (κ3) is 5.72. The summed E-state index contributed by atoms with van der Waals surface area (Å²) >= 11 is 3.37. The van der Waals surface area contributed by atoms with Gasteiger partial charge in [0.25, 0.3) is 11.5 Å². The number of nitrogens with one attached hydrogen (secondary N) is 1. The van der Waals surface area contributed by atoms with Crippen molar-refractivity contribution in [2.24, 2.45) is 5.10 Å². The molecule has 0 aliphatic heterocycles. The smallest absolute Gasteiger partial charge is 0.282 e. The van der Waals surface area contributed by atoms with Gasteiger partial charge in [-0.15, -0.1) is 0 Å². The van der Waals surface area contributed by atoms with Crippen LogP contribution in [0.1, 0.15) is 11.4 Å². The number of amides is 1. The van der Waals surface area contributed by atoms with Gasteiger partial charge in [-0.1, -0.05) is 15.9 Å². The van der Waals surface area contributed by atoms with Gasteiger partial charge in [-0.05, 0) is 73.2 Å². The van der Waals surface area contributed by atoms with Crippen LogP contribution in [0, 0.1) is 12.7 Å². The molecule has 10 heteroatoms. The Morgan fingerprint density at radius 3 is 2.66 bits per heavy atom. The number of ether oxygens (including phenoxy) is 2. The number of hydrogen-bond acceptors (Lipinski definition) is 6. The largest absolute Gasteiger partial charge is 0.493 e. The molecule has 0 aliphatic rings. The minimum Gasteiger partial charge on any atom is -0.493 e. The summed E-state index contributed by atoms with van der Waals surface area (Å²) < 4.78 is 25.9. The molecule has 0 bridgehead atoms. The van der Waals surface area contributed by atoms with Crippen LogP contribution in [0.4, 0.5) is 10.1 Å². The maximum absolute atomic E-state index is 13.0. The highest BCUT2D eigenvalue weighted by atomic mass is 79.9. The average Bonchev–Trinajstić information content (AvgIpc) is 2.85. The number of aryl methyl sites for hydroxylation is 1. The molecule has 0 saturated carbocycles. The Balaban J connectivity index is 1.49. The van der Waals surface area contributed by atoms with Crippen molar-refractivity contribution in [2.75, 3.05) is 19.0 Å². The summed E-state index contributed by atoms with van der Waals surface area (Å²) in [6, 6.07) is 15.7. The number of methoxy groups -OCH3 is 1. The van der Waals surface area contributed by atoms with Crippen molar-refractivity contribution in [3.63, 3.8) is 0 Å². The van der Waals surface area contributed by atoms with E-state index in [2.05, 4.69) is 31.3 Å². The molecule has 4 aromatic rings. The van der Waals surface area contributed by atoms with E-state index >= 15 is 0 Å². The van der Waals surface area contributed by atoms with Gasteiger partial charge < -0.3 is 14.8 Å². The van der Waals surface area contributed by atoms with Gasteiger partial charge in [-0.25, -0.2) is 9.37 Å². The average molecular weight is 539 g/mol. The Labute approximate surface area is 208 Å². The maximum Gasteiger partial charge on any atom is 0.282 e. The third-order valence-corrected chi connectivity index (χ3v) is 5.46. The molecule has 0 unspecified atom stereocenters. The number of fused-ring (bicyclic) bond motifs is 1. The Morgan fingerprint density at radius 2 is 1.91 bits per heavy atom. The van der Waals surface area contributed by atoms with Crippen molar-refractivity contribution in [3.05, 3.63) is 92.7 Å². The number of carbonyl (C=O) groups is 1. The topological polar surface area (TPSA) is 94.8 Å². The monoisotopic (exact) mass is 538 g/mol. The molecular weight excluding hydrogens is 519 g/mol. The normalized spacial score (nSPS) is 11.1. The van der Waals surface area contributed by atoms with Gasteiger partial charge in [0.2, 0.25) is 0 Å². The van der Waals surface area contributed by atoms with E-state index in [0.29, 0.717) is 39.5 Å². The molecule has 1 amide bonds. The zero-order valence-electron chi connectivity index (χ0n) is 18.8. The first-order chi connectivity index (χ1) is 16.8. The summed E-state index contributed by atoms with van der Waals surface area (Å²) in [6.07, 6.45) is 1.51. The summed E-state index contributed by atoms with van der Waals surface area (Å²) in [5, 5.41) is 7.37. The van der Waals surface area contributed by atoms with Crippen molar-refractivity contribution in [1.82, 2.24) is 9.66 Å². The van der Waals surface area contributed by atoms with Gasteiger partial charge >= 0.3 is 0 Å². The Kier molecular flexibility index (Phi) is 7.21. The lowest BCUT2D eigenvalue weighted by atomic mass is 10.2. The summed E-state index contributed by atoms with van der Waals surface area (Å²) in [5.41, 5.74) is 1.41. The lowest BCUT2D eigenvalue weighted by Gasteiger charge is -2.11. The number of aromatic nitrogens is 2. The molecule has 0 spiro atoms. The van der Waals surface area contributed by atoms with E-state index in [4.69, 9.17) is 9.47 Å². The number of halogens is 2. The van der Waals surface area contributed by atoms with Crippen LogP contribution in [-0.2, 0) is 4.79 Å². The SMILES string of the molecule is COc1cc(C=Nn2c(C)nc3ccc(Br)cc3c2=O)ccc1OCC(=O)Nc1ccc(F)cc1. The number of benzene rings is 3. The van der Waals surface area contributed by atoms with Gasteiger partial charge in [0.1, 0.15) is 11.6 Å². The van der Waals surface area contributed by atoms with E-state index < -0.39 is 11.7 Å². The number of rotatable bonds is 7. The van der Waals surface area contributed by atoms with E-state index in [-0.39, 0.29) is 12.2 Å². The Morgan fingerprint density at radius 1 is 1.14 bits per heavy atom. The highest BCUT2D eigenvalue weighted by molar-refractivity contribution is 9.10. The first-order valence-electron chi connectivity index (χ1n) is 10.4. The molecule has 35 heavy (non-hydrogen) atoms. The number of carbonyl (C=O) groups excluding carboxylic acids is 1. The van der Waals surface area contributed by atoms with Gasteiger partial charge in [-0.2, -0.15) is 9.78 Å². The minimum absolute atomic E-state index is 0.270. The van der Waals surface area contributed by atoms with E-state index in [1.807, 2.05) is 6.07 Å². The second-order valence-electron chi connectivity index (χ2n) is 7.44. The van der Waals surface area contributed by atoms with E-state index in [9.17, 15) is 14.0 Å². The van der Waals surface area contributed by atoms with Crippen molar-refractivity contribution in [3.8, 4) is 11.5 Å². The molecule has 4 rings (SSSR count). The van der Waals surface area contributed by atoms with Crippen LogP contribution in [0.2, 0.25) is 0 Å². The van der Waals surface area contributed by atoms with Crippen molar-refractivity contribution in [2.45, 2.75) is 6.92 Å². The fourth-order valence-corrected chi connectivity index (χ4v) is 3.64. The Hall–Kier alpha value is -4.05. The van der Waals surface area contributed by atoms with Crippen LogP contribution in [0.5, 0.6) is 11.5 Å². The maximum atomic E-state index is 13.0. The van der Waals surface area contributed by atoms with Gasteiger partial charge in [0.15, 0.2) is 18.1 Å². The molecule has 1 N–H and O–H groups in total. The first-order valence-corrected chi connectivity index (χ1v) is 11.2. The molecule has 178 valence electrons. The highest BCUT2D eigenvalue weighted by Crippen LogP contribution is 2.27. The molecule has 8 nitrogen and oxygen atoms in total. The van der Waals surface area contributed by atoms with Crippen molar-refractivity contribution >= 4 is 44.6 Å². The van der Waals surface area contributed by atoms with Crippen LogP contribution < -0.4 is 20.3 Å². The van der Waals surface area contributed by atoms with Crippen molar-refractivity contribution in [1.29, 1.82) is 0 Å². The van der Waals surface area contributed by atoms with E-state index in [1.165, 1.54) is 42.3 Å². The molecule has 3 aromatic carbocycles. The second-order valence-corrected chi connectivity index (χ2v) is 8.35. The molecular formula is C25H20BrFN4O4. The first kappa shape index (κ1) is 24.1. The predicted octanol–water partition coefficient (Wildman–Crippen LogP) is 4.51. The van der Waals surface area contributed by atoms with Gasteiger partial charge in [0, 0.05) is 10.2 Å². The standard InChI is InChI=1S/C25H20BrFN4O4/c1-15-29-21-9-4-17(26)12-20(21)25(33)31(15)28-13-16-3-10-22(23(11-16)34-2)35-14-24(32)30-19-7-5-18(27)6-8-19/h3-13H,14H2,1-2H3,(H,30,32). The number of nitrogens with zero attached hydrogens (tertiary/aromatic N) is 3. The summed E-state index contributed by atoms with van der Waals surface area (Å²) in [4.78, 5) is 29.5. The van der Waals surface area contributed by atoms with Crippen LogP contribution in [0.15, 0.2) is 75.0 Å². The summed E-state index contributed by atoms with van der Waals surface area (Å²) in [7, 11) is 1.47. The summed E-state index contributed by atoms with van der Waals surface area (Å²) in [5.74, 6) is 0.380. The molecule has 1 aromatic heterocycles. The predicted molar refractivity (Wildman–Crippen MR) is 135 cm³/mol. The minimum atomic E-state index is -0.408. The van der Waals surface area contributed by atoms with Crippen LogP contribution in [0.25, 0.3) is 10.9 Å². The van der Waals surface area contributed by atoms with Crippen LogP contribution >= 0.6 is 15.9 Å². The zero-order valence-corrected chi connectivity index (χ0v) is 20.4. The fraction of sp³-hybridized carbons (Fsp3) is 0.120. The molecule has 1 heterocycles. The number of hydrogen-bond donors (Lipinski definition) is 1. The van der Waals surface area contributed by atoms with Crippen LogP contribution in [0.3, 0.4) is 0 Å². The quantitative estimate of drug-likeness (QED) is 0.349. The molecule has 0 radical (unpaired) electrons. The lowest BCUT2D eigenvalue weighted by Crippen LogP contribution is -2.20. The van der Waals surface area contributed by atoms with E-state index in [0.717, 1.165) is 4.47 Å². The summed E-state index contributed by atoms with van der Waals surface area (Å²) in [6.45, 7) is 1.43. The molecule has 0 fully saturated rings. The van der Waals surface area contributed by atoms with Crippen LogP contribution in [-0.4, -0.2) is 35.5 Å². The fourth-order valence-electron chi connectivity index (χ4n) is 3.28. The van der Waals surface area contributed by atoms with Crippen molar-refractivity contribution < 1.29 is 18.7 Å². The van der Waals surface area contributed by atoms with Gasteiger partial charge in [0.05, 0.1) is 24.2 Å². The molecule has 0 aliphatic carbocycles. The third-order valence-electron chi connectivity index (χ3n) is 4.97. The molecule has 0 atom stereocenters. The Bertz CT molecular complexity index is 1490. The van der Waals surface area contributed by atoms with Gasteiger partial charge in [-0.3, -0.25) is 9.59 Å². The number of anilines is 1. The highest BCUT2D eigenvalue weighted by Gasteiger charge is 2.10. The molecule has 0 saturated heterocycles. The van der Waals surface area contributed by atoms with E-state index in [1.54, 1.807) is 37.3 Å². The second kappa shape index (κ2) is 10.5. The lowest BCUT2D eigenvalue weighted by molar-refractivity contribution is -0.118. The zero-order chi connectivity index (χ0) is 24.9.